The molecule has 0 N–H and O–H groups in total. The number of nitriles is 1. The second-order valence-electron chi connectivity index (χ2n) is 3.86. The summed E-state index contributed by atoms with van der Waals surface area (Å²) in [6.45, 7) is 0.525. The van der Waals surface area contributed by atoms with Gasteiger partial charge in [0, 0.05) is 6.42 Å². The van der Waals surface area contributed by atoms with Gasteiger partial charge in [-0.05, 0) is 42.0 Å². The molecule has 90 valence electrons. The van der Waals surface area contributed by atoms with Crippen LogP contribution in [0, 0.1) is 17.1 Å². The zero-order valence-corrected chi connectivity index (χ0v) is 9.77. The number of ether oxygens (including phenoxy) is 1. The molecule has 0 aliphatic rings. The van der Waals surface area contributed by atoms with Crippen LogP contribution in [0.1, 0.15) is 11.1 Å². The molecule has 0 saturated carbocycles. The molecule has 0 radical (unpaired) electrons. The molecule has 0 saturated heterocycles. The lowest BCUT2D eigenvalue weighted by atomic mass is 10.1. The maximum absolute atomic E-state index is 12.7. The molecule has 3 heteroatoms. The third kappa shape index (κ3) is 3.33. The number of hydrogen-bond acceptors (Lipinski definition) is 2. The average Bonchev–Trinajstić information content (AvgIpc) is 2.42. The Bertz CT molecular complexity index is 540. The Morgan fingerprint density at radius 2 is 1.67 bits per heavy atom. The predicted molar refractivity (Wildman–Crippen MR) is 66.8 cm³/mol. The molecule has 0 spiro atoms. The van der Waals surface area contributed by atoms with Gasteiger partial charge in [-0.2, -0.15) is 5.26 Å². The highest BCUT2D eigenvalue weighted by molar-refractivity contribution is 5.31. The molecule has 2 nitrogen and oxygen atoms in total. The van der Waals surface area contributed by atoms with Gasteiger partial charge < -0.3 is 4.74 Å². The molecule has 0 aliphatic carbocycles. The fraction of sp³-hybridized carbons (Fsp3) is 0.133. The molecule has 0 aliphatic heterocycles. The Kier molecular flexibility index (Phi) is 3.93. The summed E-state index contributed by atoms with van der Waals surface area (Å²) >= 11 is 0. The SMILES string of the molecule is N#Cc1ccc(CCOc2ccc(F)cc2)cc1. The summed E-state index contributed by atoms with van der Waals surface area (Å²) in [6.07, 6.45) is 0.753. The fourth-order valence-electron chi connectivity index (χ4n) is 1.56. The van der Waals surface area contributed by atoms with E-state index in [-0.39, 0.29) is 5.82 Å². The van der Waals surface area contributed by atoms with Crippen LogP contribution in [-0.4, -0.2) is 6.61 Å². The molecule has 0 aromatic heterocycles. The molecule has 0 fully saturated rings. The summed E-state index contributed by atoms with van der Waals surface area (Å²) in [5, 5.41) is 8.67. The van der Waals surface area contributed by atoms with Crippen molar-refractivity contribution in [3.63, 3.8) is 0 Å². The van der Waals surface area contributed by atoms with Gasteiger partial charge in [0.2, 0.25) is 0 Å². The first-order chi connectivity index (χ1) is 8.78. The van der Waals surface area contributed by atoms with E-state index in [1.807, 2.05) is 12.1 Å². The van der Waals surface area contributed by atoms with Crippen molar-refractivity contribution in [2.45, 2.75) is 6.42 Å². The van der Waals surface area contributed by atoms with Crippen molar-refractivity contribution < 1.29 is 9.13 Å². The minimum absolute atomic E-state index is 0.269. The van der Waals surface area contributed by atoms with Crippen molar-refractivity contribution in [2.24, 2.45) is 0 Å². The monoisotopic (exact) mass is 241 g/mol. The maximum Gasteiger partial charge on any atom is 0.123 e. The third-order valence-electron chi connectivity index (χ3n) is 2.56. The zero-order chi connectivity index (χ0) is 12.8. The van der Waals surface area contributed by atoms with Crippen LogP contribution in [0.5, 0.6) is 5.75 Å². The molecule has 18 heavy (non-hydrogen) atoms. The summed E-state index contributed by atoms with van der Waals surface area (Å²) < 4.78 is 18.2. The van der Waals surface area contributed by atoms with Gasteiger partial charge in [0.05, 0.1) is 18.2 Å². The number of halogens is 1. The normalized spacial score (nSPS) is 9.78. The van der Waals surface area contributed by atoms with Gasteiger partial charge in [-0.25, -0.2) is 4.39 Å². The largest absolute Gasteiger partial charge is 0.493 e. The molecule has 2 aromatic rings. The Morgan fingerprint density at radius 3 is 2.28 bits per heavy atom. The van der Waals surface area contributed by atoms with Crippen LogP contribution < -0.4 is 4.74 Å². The van der Waals surface area contributed by atoms with Crippen molar-refractivity contribution in [3.8, 4) is 11.8 Å². The highest BCUT2D eigenvalue weighted by Gasteiger charge is 1.97. The average molecular weight is 241 g/mol. The van der Waals surface area contributed by atoms with Gasteiger partial charge in [-0.3, -0.25) is 0 Å². The first-order valence-electron chi connectivity index (χ1n) is 5.65. The van der Waals surface area contributed by atoms with E-state index in [0.717, 1.165) is 12.0 Å². The molecule has 0 atom stereocenters. The van der Waals surface area contributed by atoms with E-state index >= 15 is 0 Å². The summed E-state index contributed by atoms with van der Waals surface area (Å²) in [7, 11) is 0. The Hall–Kier alpha value is -2.34. The molecule has 0 bridgehead atoms. The summed E-state index contributed by atoms with van der Waals surface area (Å²) in [5.74, 6) is 0.388. The van der Waals surface area contributed by atoms with Gasteiger partial charge in [0.15, 0.2) is 0 Å². The first-order valence-corrected chi connectivity index (χ1v) is 5.65. The molecule has 2 aromatic carbocycles. The molecule has 0 heterocycles. The highest BCUT2D eigenvalue weighted by Crippen LogP contribution is 2.12. The van der Waals surface area contributed by atoms with Crippen molar-refractivity contribution in [3.05, 3.63) is 65.5 Å². The van der Waals surface area contributed by atoms with Crippen LogP contribution in [0.2, 0.25) is 0 Å². The number of benzene rings is 2. The maximum atomic E-state index is 12.7. The van der Waals surface area contributed by atoms with E-state index in [0.29, 0.717) is 17.9 Å². The van der Waals surface area contributed by atoms with Crippen LogP contribution in [0.3, 0.4) is 0 Å². The Labute approximate surface area is 105 Å². The Morgan fingerprint density at radius 1 is 1.00 bits per heavy atom. The van der Waals surface area contributed by atoms with Crippen molar-refractivity contribution in [1.29, 1.82) is 5.26 Å². The van der Waals surface area contributed by atoms with E-state index in [1.165, 1.54) is 12.1 Å². The summed E-state index contributed by atoms with van der Waals surface area (Å²) in [5.41, 5.74) is 1.76. The number of rotatable bonds is 4. The van der Waals surface area contributed by atoms with E-state index in [9.17, 15) is 4.39 Å². The zero-order valence-electron chi connectivity index (χ0n) is 9.77. The van der Waals surface area contributed by atoms with Gasteiger partial charge >= 0.3 is 0 Å². The highest BCUT2D eigenvalue weighted by atomic mass is 19.1. The fourth-order valence-corrected chi connectivity index (χ4v) is 1.56. The minimum atomic E-state index is -0.269. The lowest BCUT2D eigenvalue weighted by Gasteiger charge is -2.06. The number of hydrogen-bond donors (Lipinski definition) is 0. The van der Waals surface area contributed by atoms with Gasteiger partial charge in [0.25, 0.3) is 0 Å². The number of nitrogens with zero attached hydrogens (tertiary/aromatic N) is 1. The lowest BCUT2D eigenvalue weighted by molar-refractivity contribution is 0.321. The first kappa shape index (κ1) is 12.1. The van der Waals surface area contributed by atoms with Crippen molar-refractivity contribution in [2.75, 3.05) is 6.61 Å². The van der Waals surface area contributed by atoms with E-state index in [4.69, 9.17) is 10.00 Å². The topological polar surface area (TPSA) is 33.0 Å². The van der Waals surface area contributed by atoms with Crippen molar-refractivity contribution >= 4 is 0 Å². The summed E-state index contributed by atoms with van der Waals surface area (Å²) in [4.78, 5) is 0. The van der Waals surface area contributed by atoms with E-state index in [2.05, 4.69) is 6.07 Å². The van der Waals surface area contributed by atoms with Gasteiger partial charge in [0.1, 0.15) is 11.6 Å². The molecular formula is C15H12FNO. The molecule has 0 amide bonds. The van der Waals surface area contributed by atoms with Gasteiger partial charge in [-0.15, -0.1) is 0 Å². The standard InChI is InChI=1S/C15H12FNO/c16-14-5-7-15(8-6-14)18-10-9-12-1-3-13(11-17)4-2-12/h1-8H,9-10H2. The van der Waals surface area contributed by atoms with Gasteiger partial charge in [-0.1, -0.05) is 12.1 Å². The lowest BCUT2D eigenvalue weighted by Crippen LogP contribution is -2.01. The van der Waals surface area contributed by atoms with E-state index in [1.54, 1.807) is 24.3 Å². The molecular weight excluding hydrogens is 229 g/mol. The molecule has 2 rings (SSSR count). The van der Waals surface area contributed by atoms with E-state index < -0.39 is 0 Å². The second kappa shape index (κ2) is 5.83. The third-order valence-corrected chi connectivity index (χ3v) is 2.56. The van der Waals surface area contributed by atoms with Crippen molar-refractivity contribution in [1.82, 2.24) is 0 Å². The smallest absolute Gasteiger partial charge is 0.123 e. The van der Waals surface area contributed by atoms with Crippen LogP contribution in [0.4, 0.5) is 4.39 Å². The van der Waals surface area contributed by atoms with Crippen LogP contribution in [-0.2, 0) is 6.42 Å². The quantitative estimate of drug-likeness (QED) is 0.822. The molecule has 0 unspecified atom stereocenters. The minimum Gasteiger partial charge on any atom is -0.493 e. The van der Waals surface area contributed by atoms with Crippen LogP contribution in [0.25, 0.3) is 0 Å². The van der Waals surface area contributed by atoms with Crippen LogP contribution >= 0.6 is 0 Å². The second-order valence-corrected chi connectivity index (χ2v) is 3.86. The summed E-state index contributed by atoms with van der Waals surface area (Å²) in [6, 6.07) is 15.4. The Balaban J connectivity index is 1.84. The predicted octanol–water partition coefficient (Wildman–Crippen LogP) is 3.32. The van der Waals surface area contributed by atoms with Crippen LogP contribution in [0.15, 0.2) is 48.5 Å².